The third kappa shape index (κ3) is 2.12. The standard InChI is InChI=1S/C14H14BrN5/c1-9-17-5-6-20(9)13-4-3-10(7-11(13)15)12-8-14(16)19(2)18-12/h3-8H,16H2,1-2H3. The molecule has 102 valence electrons. The molecule has 0 bridgehead atoms. The van der Waals surface area contributed by atoms with E-state index < -0.39 is 0 Å². The van der Waals surface area contributed by atoms with E-state index in [4.69, 9.17) is 5.73 Å². The van der Waals surface area contributed by atoms with Crippen molar-refractivity contribution in [1.82, 2.24) is 19.3 Å². The number of nitrogens with zero attached hydrogens (tertiary/aromatic N) is 4. The van der Waals surface area contributed by atoms with Crippen molar-refractivity contribution in [2.45, 2.75) is 6.92 Å². The van der Waals surface area contributed by atoms with Crippen molar-refractivity contribution in [2.24, 2.45) is 7.05 Å². The first-order valence-electron chi connectivity index (χ1n) is 6.16. The average Bonchev–Trinajstić information content (AvgIpc) is 2.97. The molecule has 1 aromatic carbocycles. The first-order valence-corrected chi connectivity index (χ1v) is 6.95. The van der Waals surface area contributed by atoms with Gasteiger partial charge in [-0.05, 0) is 35.0 Å². The van der Waals surface area contributed by atoms with Gasteiger partial charge in [0.25, 0.3) is 0 Å². The Morgan fingerprint density at radius 1 is 1.25 bits per heavy atom. The van der Waals surface area contributed by atoms with Crippen LogP contribution in [0.4, 0.5) is 5.82 Å². The minimum absolute atomic E-state index is 0.644. The topological polar surface area (TPSA) is 61.7 Å². The van der Waals surface area contributed by atoms with Crippen LogP contribution in [-0.4, -0.2) is 19.3 Å². The summed E-state index contributed by atoms with van der Waals surface area (Å²) in [5.41, 5.74) is 8.75. The van der Waals surface area contributed by atoms with E-state index in [1.54, 1.807) is 10.9 Å². The molecule has 2 N–H and O–H groups in total. The van der Waals surface area contributed by atoms with E-state index in [0.29, 0.717) is 5.82 Å². The lowest BCUT2D eigenvalue weighted by molar-refractivity contribution is 0.782. The predicted molar refractivity (Wildman–Crippen MR) is 82.6 cm³/mol. The summed E-state index contributed by atoms with van der Waals surface area (Å²) in [5.74, 6) is 1.59. The number of imidazole rings is 1. The fraction of sp³-hybridized carbons (Fsp3) is 0.143. The van der Waals surface area contributed by atoms with Gasteiger partial charge in [0.05, 0.1) is 11.4 Å². The number of benzene rings is 1. The smallest absolute Gasteiger partial charge is 0.121 e. The fourth-order valence-corrected chi connectivity index (χ4v) is 2.69. The molecule has 5 nitrogen and oxygen atoms in total. The van der Waals surface area contributed by atoms with Gasteiger partial charge in [-0.2, -0.15) is 5.10 Å². The first-order chi connectivity index (χ1) is 9.56. The van der Waals surface area contributed by atoms with Gasteiger partial charge in [0.2, 0.25) is 0 Å². The molecule has 0 fully saturated rings. The number of nitrogen functional groups attached to an aromatic ring is 1. The lowest BCUT2D eigenvalue weighted by Gasteiger charge is -2.09. The normalized spacial score (nSPS) is 10.9. The Labute approximate surface area is 125 Å². The molecular weight excluding hydrogens is 318 g/mol. The van der Waals surface area contributed by atoms with E-state index in [1.807, 2.05) is 49.0 Å². The highest BCUT2D eigenvalue weighted by Gasteiger charge is 2.09. The van der Waals surface area contributed by atoms with Gasteiger partial charge in [0.1, 0.15) is 11.6 Å². The second kappa shape index (κ2) is 4.79. The van der Waals surface area contributed by atoms with E-state index in [-0.39, 0.29) is 0 Å². The van der Waals surface area contributed by atoms with Gasteiger partial charge in [-0.3, -0.25) is 4.68 Å². The lowest BCUT2D eigenvalue weighted by Crippen LogP contribution is -1.97. The van der Waals surface area contributed by atoms with Crippen LogP contribution in [0.5, 0.6) is 0 Å². The largest absolute Gasteiger partial charge is 0.384 e. The summed E-state index contributed by atoms with van der Waals surface area (Å²) in [6.07, 6.45) is 3.73. The van der Waals surface area contributed by atoms with Gasteiger partial charge in [0.15, 0.2) is 0 Å². The summed E-state index contributed by atoms with van der Waals surface area (Å²) >= 11 is 3.61. The second-order valence-corrected chi connectivity index (χ2v) is 5.44. The molecule has 6 heteroatoms. The van der Waals surface area contributed by atoms with Crippen LogP contribution in [-0.2, 0) is 7.05 Å². The average molecular weight is 332 g/mol. The summed E-state index contributed by atoms with van der Waals surface area (Å²) in [7, 11) is 1.83. The van der Waals surface area contributed by atoms with Gasteiger partial charge in [-0.1, -0.05) is 6.07 Å². The Bertz CT molecular complexity index is 752. The van der Waals surface area contributed by atoms with Crippen LogP contribution in [0.25, 0.3) is 16.9 Å². The molecule has 0 amide bonds. The predicted octanol–water partition coefficient (Wildman–Crippen LogP) is 2.93. The molecule has 3 aromatic rings. The Kier molecular flexibility index (Phi) is 3.10. The number of rotatable bonds is 2. The molecular formula is C14H14BrN5. The molecule has 0 atom stereocenters. The van der Waals surface area contributed by atoms with Crippen molar-refractivity contribution < 1.29 is 0 Å². The quantitative estimate of drug-likeness (QED) is 0.785. The first kappa shape index (κ1) is 12.9. The van der Waals surface area contributed by atoms with E-state index >= 15 is 0 Å². The highest BCUT2D eigenvalue weighted by molar-refractivity contribution is 9.10. The van der Waals surface area contributed by atoms with Crippen molar-refractivity contribution in [3.05, 3.63) is 47.0 Å². The molecule has 20 heavy (non-hydrogen) atoms. The lowest BCUT2D eigenvalue weighted by atomic mass is 10.1. The summed E-state index contributed by atoms with van der Waals surface area (Å²) < 4.78 is 4.68. The van der Waals surface area contributed by atoms with E-state index in [9.17, 15) is 0 Å². The Morgan fingerprint density at radius 2 is 2.05 bits per heavy atom. The number of hydrogen-bond acceptors (Lipinski definition) is 3. The van der Waals surface area contributed by atoms with E-state index in [1.165, 1.54) is 0 Å². The zero-order valence-corrected chi connectivity index (χ0v) is 12.8. The van der Waals surface area contributed by atoms with Gasteiger partial charge in [0, 0.05) is 35.5 Å². The number of halogens is 1. The summed E-state index contributed by atoms with van der Waals surface area (Å²) in [6, 6.07) is 7.97. The molecule has 0 unspecified atom stereocenters. The molecule has 0 aliphatic carbocycles. The molecule has 2 heterocycles. The van der Waals surface area contributed by atoms with E-state index in [2.05, 4.69) is 26.0 Å². The highest BCUT2D eigenvalue weighted by Crippen LogP contribution is 2.28. The van der Waals surface area contributed by atoms with E-state index in [0.717, 1.165) is 27.2 Å². The van der Waals surface area contributed by atoms with Crippen LogP contribution in [0.2, 0.25) is 0 Å². The Morgan fingerprint density at radius 3 is 2.60 bits per heavy atom. The zero-order chi connectivity index (χ0) is 14.3. The Hall–Kier alpha value is -2.08. The monoisotopic (exact) mass is 331 g/mol. The number of aromatic nitrogens is 4. The Balaban J connectivity index is 2.06. The minimum atomic E-state index is 0.644. The van der Waals surface area contributed by atoms with Gasteiger partial charge >= 0.3 is 0 Å². The number of anilines is 1. The highest BCUT2D eigenvalue weighted by atomic mass is 79.9. The summed E-state index contributed by atoms with van der Waals surface area (Å²) in [6.45, 7) is 1.97. The molecule has 0 aliphatic heterocycles. The summed E-state index contributed by atoms with van der Waals surface area (Å²) in [4.78, 5) is 4.24. The molecule has 0 saturated heterocycles. The third-order valence-corrected chi connectivity index (χ3v) is 3.88. The van der Waals surface area contributed by atoms with Crippen LogP contribution < -0.4 is 5.73 Å². The van der Waals surface area contributed by atoms with Crippen LogP contribution in [0.3, 0.4) is 0 Å². The van der Waals surface area contributed by atoms with Crippen LogP contribution in [0.15, 0.2) is 41.1 Å². The summed E-state index contributed by atoms with van der Waals surface area (Å²) in [5, 5.41) is 4.38. The zero-order valence-electron chi connectivity index (χ0n) is 11.2. The van der Waals surface area contributed by atoms with Crippen LogP contribution in [0.1, 0.15) is 5.82 Å². The maximum atomic E-state index is 5.82. The van der Waals surface area contributed by atoms with Crippen molar-refractivity contribution >= 4 is 21.7 Å². The molecule has 0 saturated carbocycles. The number of aryl methyl sites for hydroxylation is 2. The maximum Gasteiger partial charge on any atom is 0.121 e. The molecule has 2 aromatic heterocycles. The van der Waals surface area contributed by atoms with Crippen LogP contribution >= 0.6 is 15.9 Å². The van der Waals surface area contributed by atoms with Gasteiger partial charge in [-0.15, -0.1) is 0 Å². The minimum Gasteiger partial charge on any atom is -0.384 e. The van der Waals surface area contributed by atoms with Crippen molar-refractivity contribution in [3.63, 3.8) is 0 Å². The van der Waals surface area contributed by atoms with Gasteiger partial charge in [-0.25, -0.2) is 4.98 Å². The molecule has 0 spiro atoms. The number of hydrogen-bond donors (Lipinski definition) is 1. The second-order valence-electron chi connectivity index (χ2n) is 4.59. The molecule has 0 aliphatic rings. The maximum absolute atomic E-state index is 5.82. The fourth-order valence-electron chi connectivity index (χ4n) is 2.12. The molecule has 0 radical (unpaired) electrons. The SMILES string of the molecule is Cc1nccn1-c1ccc(-c2cc(N)n(C)n2)cc1Br. The molecule has 3 rings (SSSR count). The van der Waals surface area contributed by atoms with Gasteiger partial charge < -0.3 is 10.3 Å². The van der Waals surface area contributed by atoms with Crippen molar-refractivity contribution in [1.29, 1.82) is 0 Å². The van der Waals surface area contributed by atoms with Crippen molar-refractivity contribution in [2.75, 3.05) is 5.73 Å². The van der Waals surface area contributed by atoms with Crippen LogP contribution in [0, 0.1) is 6.92 Å². The van der Waals surface area contributed by atoms with Crippen molar-refractivity contribution in [3.8, 4) is 16.9 Å². The third-order valence-electron chi connectivity index (χ3n) is 3.24. The number of nitrogens with two attached hydrogens (primary N) is 1.